The minimum Gasteiger partial charge on any atom is -0.497 e. The highest BCUT2D eigenvalue weighted by atomic mass is 16.5. The Morgan fingerprint density at radius 3 is 2.39 bits per heavy atom. The Hall–Kier alpha value is -2.50. The molecule has 0 N–H and O–H groups in total. The van der Waals surface area contributed by atoms with Crippen LogP contribution in [0.1, 0.15) is 25.5 Å². The van der Waals surface area contributed by atoms with Gasteiger partial charge in [0.25, 0.3) is 6.02 Å². The van der Waals surface area contributed by atoms with E-state index in [0.717, 1.165) is 11.3 Å². The molecule has 0 aliphatic carbocycles. The maximum atomic E-state index is 12.4. The minimum absolute atomic E-state index is 0.315. The van der Waals surface area contributed by atoms with Crippen LogP contribution in [0.3, 0.4) is 0 Å². The van der Waals surface area contributed by atoms with E-state index in [1.165, 1.54) is 0 Å². The summed E-state index contributed by atoms with van der Waals surface area (Å²) in [5.74, 6) is 0.391. The lowest BCUT2D eigenvalue weighted by molar-refractivity contribution is -0.139. The van der Waals surface area contributed by atoms with Crippen molar-refractivity contribution in [3.8, 4) is 5.75 Å². The second kappa shape index (κ2) is 7.17. The van der Waals surface area contributed by atoms with Gasteiger partial charge in [0.1, 0.15) is 5.75 Å². The van der Waals surface area contributed by atoms with Crippen molar-refractivity contribution in [1.82, 2.24) is 4.90 Å². The Bertz CT molecular complexity index is 634. The third-order valence-corrected chi connectivity index (χ3v) is 3.73. The molecule has 0 fully saturated rings. The van der Waals surface area contributed by atoms with E-state index >= 15 is 0 Å². The highest BCUT2D eigenvalue weighted by Crippen LogP contribution is 2.35. The first-order valence-electron chi connectivity index (χ1n) is 7.40. The molecule has 6 heteroatoms. The van der Waals surface area contributed by atoms with Crippen molar-refractivity contribution >= 4 is 12.0 Å². The van der Waals surface area contributed by atoms with Crippen LogP contribution in [0.25, 0.3) is 0 Å². The number of allylic oxidation sites excluding steroid dienone is 1. The van der Waals surface area contributed by atoms with Crippen LogP contribution in [0.15, 0.2) is 40.5 Å². The molecule has 0 saturated heterocycles. The van der Waals surface area contributed by atoms with Crippen LogP contribution in [0.5, 0.6) is 5.75 Å². The number of hydrogen-bond donors (Lipinski definition) is 0. The molecule has 2 rings (SSSR count). The summed E-state index contributed by atoms with van der Waals surface area (Å²) >= 11 is 0. The van der Waals surface area contributed by atoms with Crippen molar-refractivity contribution in [2.24, 2.45) is 4.99 Å². The Balaban J connectivity index is 2.50. The zero-order valence-electron chi connectivity index (χ0n) is 14.1. The number of carbonyl (C=O) groups is 1. The summed E-state index contributed by atoms with van der Waals surface area (Å²) in [6, 6.07) is 7.69. The number of carbonyl (C=O) groups excluding carboxylic acids is 1. The number of ether oxygens (including phenoxy) is 3. The lowest BCUT2D eigenvalue weighted by Gasteiger charge is -2.34. The van der Waals surface area contributed by atoms with Crippen LogP contribution in [-0.2, 0) is 14.3 Å². The van der Waals surface area contributed by atoms with E-state index in [9.17, 15) is 4.79 Å². The number of aliphatic imine (C=N–C) groups is 1. The van der Waals surface area contributed by atoms with Crippen molar-refractivity contribution in [1.29, 1.82) is 0 Å². The maximum Gasteiger partial charge on any atom is 0.338 e. The van der Waals surface area contributed by atoms with E-state index in [1.54, 1.807) is 28.1 Å². The predicted molar refractivity (Wildman–Crippen MR) is 87.3 cm³/mol. The molecule has 23 heavy (non-hydrogen) atoms. The Kier molecular flexibility index (Phi) is 5.26. The normalized spacial score (nSPS) is 17.7. The van der Waals surface area contributed by atoms with E-state index in [2.05, 4.69) is 4.99 Å². The van der Waals surface area contributed by atoms with Crippen molar-refractivity contribution in [2.45, 2.75) is 19.9 Å². The third-order valence-electron chi connectivity index (χ3n) is 3.73. The van der Waals surface area contributed by atoms with Gasteiger partial charge in [0.05, 0.1) is 38.1 Å². The number of rotatable bonds is 4. The topological polar surface area (TPSA) is 60.4 Å². The van der Waals surface area contributed by atoms with Crippen molar-refractivity contribution < 1.29 is 19.0 Å². The molecule has 1 atom stereocenters. The first kappa shape index (κ1) is 16.9. The molecule has 1 heterocycles. The number of benzene rings is 1. The van der Waals surface area contributed by atoms with Gasteiger partial charge in [-0.1, -0.05) is 12.1 Å². The lowest BCUT2D eigenvalue weighted by Crippen LogP contribution is -2.38. The molecular weight excluding hydrogens is 296 g/mol. The van der Waals surface area contributed by atoms with Gasteiger partial charge in [-0.3, -0.25) is 0 Å². The predicted octanol–water partition coefficient (Wildman–Crippen LogP) is 2.52. The summed E-state index contributed by atoms with van der Waals surface area (Å²) in [5, 5.41) is 0. The first-order chi connectivity index (χ1) is 11.0. The fourth-order valence-electron chi connectivity index (χ4n) is 2.62. The zero-order valence-corrected chi connectivity index (χ0v) is 14.1. The number of likely N-dealkylation sites (N-methyl/N-ethyl adjacent to an activating group) is 1. The molecule has 0 radical (unpaired) electrons. The molecule has 1 aliphatic heterocycles. The van der Waals surface area contributed by atoms with E-state index in [0.29, 0.717) is 23.9 Å². The van der Waals surface area contributed by atoms with Gasteiger partial charge in [-0.15, -0.1) is 0 Å². The van der Waals surface area contributed by atoms with Crippen LogP contribution < -0.4 is 4.74 Å². The van der Waals surface area contributed by atoms with E-state index in [1.807, 2.05) is 36.2 Å². The van der Waals surface area contributed by atoms with E-state index < -0.39 is 0 Å². The smallest absolute Gasteiger partial charge is 0.338 e. The molecule has 1 aromatic rings. The molecule has 1 aromatic carbocycles. The van der Waals surface area contributed by atoms with Gasteiger partial charge in [-0.05, 0) is 31.5 Å². The monoisotopic (exact) mass is 318 g/mol. The van der Waals surface area contributed by atoms with Crippen molar-refractivity contribution in [3.63, 3.8) is 0 Å². The largest absolute Gasteiger partial charge is 0.497 e. The van der Waals surface area contributed by atoms with Gasteiger partial charge in [-0.25, -0.2) is 9.79 Å². The second-order valence-electron chi connectivity index (χ2n) is 5.10. The van der Waals surface area contributed by atoms with Crippen LogP contribution in [0.4, 0.5) is 0 Å². The number of hydrogen-bond acceptors (Lipinski definition) is 6. The summed E-state index contributed by atoms with van der Waals surface area (Å²) in [6.45, 7) is 3.89. The molecular formula is C17H22N2O4. The summed E-state index contributed by atoms with van der Waals surface area (Å²) < 4.78 is 15.7. The van der Waals surface area contributed by atoms with Gasteiger partial charge < -0.3 is 19.1 Å². The molecule has 0 spiro atoms. The van der Waals surface area contributed by atoms with E-state index in [4.69, 9.17) is 14.2 Å². The molecule has 1 aliphatic rings. The molecule has 6 nitrogen and oxygen atoms in total. The van der Waals surface area contributed by atoms with Gasteiger partial charge in [0.2, 0.25) is 0 Å². The Morgan fingerprint density at radius 1 is 1.22 bits per heavy atom. The van der Waals surface area contributed by atoms with E-state index in [-0.39, 0.29) is 12.0 Å². The highest BCUT2D eigenvalue weighted by Gasteiger charge is 2.35. The lowest BCUT2D eigenvalue weighted by atomic mass is 9.95. The standard InChI is InChI=1S/C17H22N2O4/c1-6-23-16(20)14-11(2)18-17(22-5)19(3)15(14)12-7-9-13(21-4)10-8-12/h7-10,15H,6H2,1-5H3. The van der Waals surface area contributed by atoms with Crippen LogP contribution >= 0.6 is 0 Å². The van der Waals surface area contributed by atoms with Gasteiger partial charge >= 0.3 is 5.97 Å². The highest BCUT2D eigenvalue weighted by molar-refractivity contribution is 5.94. The SMILES string of the molecule is CCOC(=O)C1=C(C)N=C(OC)N(C)C1c1ccc(OC)cc1. The van der Waals surface area contributed by atoms with Gasteiger partial charge in [0.15, 0.2) is 0 Å². The number of nitrogens with zero attached hydrogens (tertiary/aromatic N) is 2. The first-order valence-corrected chi connectivity index (χ1v) is 7.40. The van der Waals surface area contributed by atoms with Crippen molar-refractivity contribution in [3.05, 3.63) is 41.1 Å². The Morgan fingerprint density at radius 2 is 1.87 bits per heavy atom. The van der Waals surface area contributed by atoms with Crippen LogP contribution in [0.2, 0.25) is 0 Å². The number of methoxy groups -OCH3 is 2. The average molecular weight is 318 g/mol. The minimum atomic E-state index is -0.364. The summed E-state index contributed by atoms with van der Waals surface area (Å²) in [7, 11) is 5.01. The Labute approximate surface area is 136 Å². The average Bonchev–Trinajstić information content (AvgIpc) is 2.56. The quantitative estimate of drug-likeness (QED) is 0.798. The molecule has 124 valence electrons. The van der Waals surface area contributed by atoms with Gasteiger partial charge in [0, 0.05) is 7.05 Å². The van der Waals surface area contributed by atoms with Crippen LogP contribution in [-0.4, -0.2) is 44.8 Å². The zero-order chi connectivity index (χ0) is 17.0. The molecule has 0 amide bonds. The number of esters is 1. The fraction of sp³-hybridized carbons (Fsp3) is 0.412. The third kappa shape index (κ3) is 3.31. The fourth-order valence-corrected chi connectivity index (χ4v) is 2.62. The molecule has 1 unspecified atom stereocenters. The van der Waals surface area contributed by atoms with Crippen molar-refractivity contribution in [2.75, 3.05) is 27.9 Å². The molecule has 0 saturated carbocycles. The van der Waals surface area contributed by atoms with Crippen LogP contribution in [0, 0.1) is 0 Å². The molecule has 0 bridgehead atoms. The summed E-state index contributed by atoms with van der Waals surface area (Å²) in [4.78, 5) is 18.6. The second-order valence-corrected chi connectivity index (χ2v) is 5.10. The maximum absolute atomic E-state index is 12.4. The van der Waals surface area contributed by atoms with Gasteiger partial charge in [-0.2, -0.15) is 0 Å². The summed E-state index contributed by atoms with van der Waals surface area (Å²) in [6.07, 6.45) is 0. The number of amidine groups is 1. The molecule has 0 aromatic heterocycles. The summed E-state index contributed by atoms with van der Waals surface area (Å²) in [5.41, 5.74) is 2.04.